The topological polar surface area (TPSA) is 58.4 Å². The fourth-order valence-electron chi connectivity index (χ4n) is 2.29. The highest BCUT2D eigenvalue weighted by atomic mass is 19.4. The van der Waals surface area contributed by atoms with Crippen molar-refractivity contribution in [2.24, 2.45) is 5.41 Å². The Bertz CT molecular complexity index is 468. The highest BCUT2D eigenvalue weighted by molar-refractivity contribution is 6.75. The van der Waals surface area contributed by atoms with Crippen LogP contribution in [0.25, 0.3) is 0 Å². The molecule has 19 heavy (non-hydrogen) atoms. The van der Waals surface area contributed by atoms with E-state index in [1.807, 2.05) is 6.92 Å². The molecule has 0 saturated carbocycles. The van der Waals surface area contributed by atoms with Crippen LogP contribution in [-0.2, 0) is 20.5 Å². The van der Waals surface area contributed by atoms with Gasteiger partial charge in [0.05, 0.1) is 0 Å². The molecule has 3 aliphatic rings. The van der Waals surface area contributed by atoms with E-state index in [0.717, 1.165) is 0 Å². The summed E-state index contributed by atoms with van der Waals surface area (Å²) in [5, 5.41) is 6.92. The molecule has 0 N–H and O–H groups in total. The zero-order valence-corrected chi connectivity index (χ0v) is 10.2. The van der Waals surface area contributed by atoms with E-state index in [9.17, 15) is 13.2 Å². The molecule has 106 valence electrons. The Morgan fingerprint density at radius 2 is 1.89 bits per heavy atom. The molecule has 0 aromatic carbocycles. The van der Waals surface area contributed by atoms with Crippen LogP contribution in [0.5, 0.6) is 0 Å². The van der Waals surface area contributed by atoms with E-state index in [1.54, 1.807) is 0 Å². The molecule has 1 aromatic heterocycles. The highest BCUT2D eigenvalue weighted by Crippen LogP contribution is 2.34. The van der Waals surface area contributed by atoms with E-state index in [0.29, 0.717) is 24.5 Å². The second-order valence-electron chi connectivity index (χ2n) is 5.32. The Morgan fingerprint density at radius 1 is 1.32 bits per heavy atom. The zero-order valence-electron chi connectivity index (χ0n) is 10.2. The van der Waals surface area contributed by atoms with Gasteiger partial charge in [0.15, 0.2) is 0 Å². The highest BCUT2D eigenvalue weighted by Gasteiger charge is 2.49. The Labute approximate surface area is 106 Å². The molecular formula is C9H12BF3N3O3-. The van der Waals surface area contributed by atoms with E-state index in [1.165, 1.54) is 6.20 Å². The van der Waals surface area contributed by atoms with Crippen LogP contribution in [0.3, 0.4) is 0 Å². The lowest BCUT2D eigenvalue weighted by Gasteiger charge is -2.57. The number of hydrogen-bond acceptors (Lipinski definition) is 5. The maximum Gasteiger partial charge on any atom is 0.428 e. The lowest BCUT2D eigenvalue weighted by atomic mass is 9.68. The van der Waals surface area contributed by atoms with E-state index in [2.05, 4.69) is 10.3 Å². The Kier molecular flexibility index (Phi) is 2.67. The summed E-state index contributed by atoms with van der Waals surface area (Å²) in [6, 6.07) is 0. The fourth-order valence-corrected chi connectivity index (χ4v) is 2.29. The van der Waals surface area contributed by atoms with E-state index in [4.69, 9.17) is 14.0 Å². The molecule has 10 heteroatoms. The van der Waals surface area contributed by atoms with Gasteiger partial charge in [-0.05, 0) is 5.59 Å². The molecule has 0 unspecified atom stereocenters. The molecule has 2 bridgehead atoms. The van der Waals surface area contributed by atoms with Gasteiger partial charge < -0.3 is 14.0 Å². The molecule has 1 aromatic rings. The summed E-state index contributed by atoms with van der Waals surface area (Å²) < 4.78 is 54.7. The van der Waals surface area contributed by atoms with Crippen molar-refractivity contribution in [3.8, 4) is 0 Å². The van der Waals surface area contributed by atoms with Crippen LogP contribution in [0.4, 0.5) is 13.2 Å². The molecule has 0 aliphatic carbocycles. The molecule has 4 rings (SSSR count). The lowest BCUT2D eigenvalue weighted by Crippen LogP contribution is -2.70. The van der Waals surface area contributed by atoms with Crippen molar-refractivity contribution in [3.63, 3.8) is 0 Å². The van der Waals surface area contributed by atoms with E-state index in [-0.39, 0.29) is 11.0 Å². The monoisotopic (exact) mass is 278 g/mol. The van der Waals surface area contributed by atoms with Crippen molar-refractivity contribution < 1.29 is 27.1 Å². The first-order chi connectivity index (χ1) is 8.82. The Balaban J connectivity index is 1.89. The minimum Gasteiger partial charge on any atom is -0.539 e. The Hall–Kier alpha value is -1.13. The fraction of sp³-hybridized carbons (Fsp3) is 0.778. The van der Waals surface area contributed by atoms with Gasteiger partial charge in [-0.15, -0.1) is 5.10 Å². The van der Waals surface area contributed by atoms with Crippen LogP contribution < -0.4 is 5.59 Å². The average molecular weight is 278 g/mol. The predicted molar refractivity (Wildman–Crippen MR) is 57.4 cm³/mol. The third-order valence-corrected chi connectivity index (χ3v) is 3.29. The average Bonchev–Trinajstić information content (AvgIpc) is 2.77. The third kappa shape index (κ3) is 2.23. The van der Waals surface area contributed by atoms with Gasteiger partial charge in [0.25, 0.3) is 0 Å². The molecular weight excluding hydrogens is 266 g/mol. The lowest BCUT2D eigenvalue weighted by molar-refractivity contribution is -0.143. The number of fused-ring (bicyclic) bond motifs is 3. The van der Waals surface area contributed by atoms with Crippen molar-refractivity contribution in [2.45, 2.75) is 19.6 Å². The normalized spacial score (nSPS) is 34.7. The van der Waals surface area contributed by atoms with Crippen LogP contribution in [0.2, 0.25) is 0 Å². The molecule has 3 aliphatic heterocycles. The number of alkyl halides is 3. The smallest absolute Gasteiger partial charge is 0.428 e. The standard InChI is InChI=1S/C9H12BF3N3O3/c1-8-4-17-10(18-5-8,19-6-8)7-2-14-15-16(7)3-9(11,12)13/h2H,3-6H2,1H3/q-1. The van der Waals surface area contributed by atoms with E-state index < -0.39 is 19.5 Å². The van der Waals surface area contributed by atoms with Crippen molar-refractivity contribution in [3.05, 3.63) is 6.20 Å². The molecule has 0 amide bonds. The number of halogens is 3. The van der Waals surface area contributed by atoms with Crippen LogP contribution in [0.1, 0.15) is 6.92 Å². The molecule has 3 saturated heterocycles. The quantitative estimate of drug-likeness (QED) is 0.716. The maximum atomic E-state index is 12.5. The second kappa shape index (κ2) is 3.93. The Morgan fingerprint density at radius 3 is 2.42 bits per heavy atom. The predicted octanol–water partition coefficient (Wildman–Crippen LogP) is 0.0696. The van der Waals surface area contributed by atoms with Crippen molar-refractivity contribution in [1.29, 1.82) is 0 Å². The summed E-state index contributed by atoms with van der Waals surface area (Å²) in [7, 11) is 0. The number of rotatable bonds is 2. The summed E-state index contributed by atoms with van der Waals surface area (Å²) in [5.74, 6) is 0. The summed E-state index contributed by atoms with van der Waals surface area (Å²) in [4.78, 5) is 0. The third-order valence-electron chi connectivity index (χ3n) is 3.29. The number of nitrogens with zero attached hydrogens (tertiary/aromatic N) is 3. The van der Waals surface area contributed by atoms with Crippen molar-refractivity contribution in [1.82, 2.24) is 15.0 Å². The first kappa shape index (κ1) is 12.9. The summed E-state index contributed by atoms with van der Waals surface area (Å²) in [5.41, 5.74) is -0.162. The summed E-state index contributed by atoms with van der Waals surface area (Å²) in [6.07, 6.45) is -3.20. The van der Waals surface area contributed by atoms with Crippen LogP contribution in [-0.4, -0.2) is 47.7 Å². The summed E-state index contributed by atoms with van der Waals surface area (Å²) >= 11 is 0. The van der Waals surface area contributed by atoms with Gasteiger partial charge in [0.1, 0.15) is 6.54 Å². The zero-order chi connectivity index (χ0) is 13.7. The minimum atomic E-state index is -4.40. The van der Waals surface area contributed by atoms with E-state index >= 15 is 0 Å². The number of hydrogen-bond donors (Lipinski definition) is 0. The second-order valence-corrected chi connectivity index (χ2v) is 5.32. The van der Waals surface area contributed by atoms with Gasteiger partial charge in [0, 0.05) is 31.4 Å². The van der Waals surface area contributed by atoms with Gasteiger partial charge in [0.2, 0.25) is 0 Å². The molecule has 4 heterocycles. The first-order valence-corrected chi connectivity index (χ1v) is 5.83. The molecule has 6 nitrogen and oxygen atoms in total. The minimum absolute atomic E-state index is 0.0825. The van der Waals surface area contributed by atoms with Gasteiger partial charge >= 0.3 is 12.9 Å². The SMILES string of the molecule is CC12CO[B-](c3cnnn3CC(F)(F)F)(OC1)OC2. The van der Waals surface area contributed by atoms with Gasteiger partial charge in [-0.25, -0.2) is 0 Å². The molecule has 0 spiro atoms. The summed E-state index contributed by atoms with van der Waals surface area (Å²) in [6.45, 7) is -0.546. The van der Waals surface area contributed by atoms with Crippen LogP contribution >= 0.6 is 0 Å². The van der Waals surface area contributed by atoms with Gasteiger partial charge in [-0.2, -0.15) is 13.2 Å². The molecule has 0 radical (unpaired) electrons. The van der Waals surface area contributed by atoms with Crippen molar-refractivity contribution >= 4 is 12.3 Å². The first-order valence-electron chi connectivity index (χ1n) is 5.83. The molecule has 3 fully saturated rings. The molecule has 0 atom stereocenters. The largest absolute Gasteiger partial charge is 0.539 e. The maximum absolute atomic E-state index is 12.5. The van der Waals surface area contributed by atoms with Gasteiger partial charge in [-0.3, -0.25) is 4.68 Å². The van der Waals surface area contributed by atoms with Gasteiger partial charge in [-0.1, -0.05) is 12.1 Å². The number of aromatic nitrogens is 3. The van der Waals surface area contributed by atoms with Crippen LogP contribution in [0, 0.1) is 5.41 Å². The van der Waals surface area contributed by atoms with Crippen molar-refractivity contribution in [2.75, 3.05) is 19.8 Å². The van der Waals surface area contributed by atoms with Crippen LogP contribution in [0.15, 0.2) is 6.20 Å².